The Morgan fingerprint density at radius 1 is 1.23 bits per heavy atom. The maximum absolute atomic E-state index is 9.57. The summed E-state index contributed by atoms with van der Waals surface area (Å²) in [6.45, 7) is 1.93. The molecule has 1 aromatic carbocycles. The molecule has 0 saturated heterocycles. The lowest BCUT2D eigenvalue weighted by molar-refractivity contribution is 0.477. The summed E-state index contributed by atoms with van der Waals surface area (Å²) in [6, 6.07) is 7.23. The van der Waals surface area contributed by atoms with E-state index in [1.54, 1.807) is 18.3 Å². The second kappa shape index (κ2) is 2.94. The van der Waals surface area contributed by atoms with Crippen LogP contribution in [0.25, 0.3) is 11.1 Å². The standard InChI is InChI=1S/C10H10N2O/c1-7-9(6-11-12-7)8-4-2-3-5-10(8)13/h2-6,13H,1H3,(H,11,12). The summed E-state index contributed by atoms with van der Waals surface area (Å²) in [7, 11) is 0. The van der Waals surface area contributed by atoms with E-state index in [0.29, 0.717) is 0 Å². The first-order chi connectivity index (χ1) is 6.29. The highest BCUT2D eigenvalue weighted by Gasteiger charge is 2.06. The van der Waals surface area contributed by atoms with Gasteiger partial charge < -0.3 is 5.11 Å². The molecule has 0 spiro atoms. The van der Waals surface area contributed by atoms with E-state index in [-0.39, 0.29) is 5.75 Å². The number of aromatic nitrogens is 2. The van der Waals surface area contributed by atoms with Crippen molar-refractivity contribution < 1.29 is 5.11 Å². The maximum atomic E-state index is 9.57. The number of H-pyrrole nitrogens is 1. The Morgan fingerprint density at radius 3 is 2.62 bits per heavy atom. The third-order valence-corrected chi connectivity index (χ3v) is 2.02. The molecule has 0 atom stereocenters. The van der Waals surface area contributed by atoms with E-state index < -0.39 is 0 Å². The van der Waals surface area contributed by atoms with Crippen LogP contribution in [0.4, 0.5) is 0 Å². The van der Waals surface area contributed by atoms with E-state index in [1.807, 2.05) is 19.1 Å². The molecular formula is C10H10N2O. The fourth-order valence-electron chi connectivity index (χ4n) is 1.32. The molecule has 2 N–H and O–H groups in total. The molecule has 0 aliphatic rings. The zero-order chi connectivity index (χ0) is 9.26. The van der Waals surface area contributed by atoms with Gasteiger partial charge in [-0.25, -0.2) is 0 Å². The minimum Gasteiger partial charge on any atom is -0.507 e. The minimum atomic E-state index is 0.284. The van der Waals surface area contributed by atoms with Crippen molar-refractivity contribution in [1.29, 1.82) is 0 Å². The number of nitrogens with zero attached hydrogens (tertiary/aromatic N) is 1. The highest BCUT2D eigenvalue weighted by molar-refractivity contribution is 5.70. The van der Waals surface area contributed by atoms with E-state index in [0.717, 1.165) is 16.8 Å². The predicted molar refractivity (Wildman–Crippen MR) is 50.4 cm³/mol. The van der Waals surface area contributed by atoms with Crippen LogP contribution < -0.4 is 0 Å². The van der Waals surface area contributed by atoms with Gasteiger partial charge in [0, 0.05) is 16.8 Å². The van der Waals surface area contributed by atoms with Crippen LogP contribution >= 0.6 is 0 Å². The van der Waals surface area contributed by atoms with Crippen LogP contribution in [0.5, 0.6) is 5.75 Å². The largest absolute Gasteiger partial charge is 0.507 e. The van der Waals surface area contributed by atoms with Crippen LogP contribution in [0.1, 0.15) is 5.69 Å². The van der Waals surface area contributed by atoms with Gasteiger partial charge in [-0.15, -0.1) is 0 Å². The molecule has 0 amide bonds. The number of nitrogens with one attached hydrogen (secondary N) is 1. The monoisotopic (exact) mass is 174 g/mol. The fraction of sp³-hybridized carbons (Fsp3) is 0.100. The van der Waals surface area contributed by atoms with Crippen molar-refractivity contribution in [3.8, 4) is 16.9 Å². The lowest BCUT2D eigenvalue weighted by Crippen LogP contribution is -1.79. The number of hydrogen-bond acceptors (Lipinski definition) is 2. The van der Waals surface area contributed by atoms with Crippen LogP contribution in [0.3, 0.4) is 0 Å². The van der Waals surface area contributed by atoms with Crippen molar-refractivity contribution in [2.24, 2.45) is 0 Å². The molecule has 1 heterocycles. The van der Waals surface area contributed by atoms with Gasteiger partial charge in [-0.2, -0.15) is 5.10 Å². The number of hydrogen-bond donors (Lipinski definition) is 2. The summed E-state index contributed by atoms with van der Waals surface area (Å²) in [5.41, 5.74) is 2.72. The smallest absolute Gasteiger partial charge is 0.123 e. The van der Waals surface area contributed by atoms with Gasteiger partial charge in [-0.1, -0.05) is 18.2 Å². The lowest BCUT2D eigenvalue weighted by atomic mass is 10.1. The van der Waals surface area contributed by atoms with Crippen LogP contribution in [0, 0.1) is 6.92 Å². The summed E-state index contributed by atoms with van der Waals surface area (Å²) < 4.78 is 0. The first-order valence-electron chi connectivity index (χ1n) is 4.07. The molecule has 2 rings (SSSR count). The summed E-state index contributed by atoms with van der Waals surface area (Å²) >= 11 is 0. The lowest BCUT2D eigenvalue weighted by Gasteiger charge is -2.01. The van der Waals surface area contributed by atoms with Crippen molar-refractivity contribution in [3.63, 3.8) is 0 Å². The van der Waals surface area contributed by atoms with E-state index in [2.05, 4.69) is 10.2 Å². The van der Waals surface area contributed by atoms with E-state index in [1.165, 1.54) is 0 Å². The molecule has 0 unspecified atom stereocenters. The molecule has 0 bridgehead atoms. The number of benzene rings is 1. The number of phenolic OH excluding ortho intramolecular Hbond substituents is 1. The normalized spacial score (nSPS) is 10.2. The zero-order valence-corrected chi connectivity index (χ0v) is 7.28. The van der Waals surface area contributed by atoms with Gasteiger partial charge in [0.15, 0.2) is 0 Å². The number of rotatable bonds is 1. The SMILES string of the molecule is Cc1[nH]ncc1-c1ccccc1O. The van der Waals surface area contributed by atoms with Gasteiger partial charge >= 0.3 is 0 Å². The van der Waals surface area contributed by atoms with Crippen molar-refractivity contribution in [1.82, 2.24) is 10.2 Å². The summed E-state index contributed by atoms with van der Waals surface area (Å²) in [5, 5.41) is 16.3. The highest BCUT2D eigenvalue weighted by atomic mass is 16.3. The molecule has 13 heavy (non-hydrogen) atoms. The van der Waals surface area contributed by atoms with Gasteiger partial charge in [-0.3, -0.25) is 5.10 Å². The Balaban J connectivity index is 2.59. The highest BCUT2D eigenvalue weighted by Crippen LogP contribution is 2.29. The number of aryl methyl sites for hydroxylation is 1. The molecule has 3 heteroatoms. The van der Waals surface area contributed by atoms with Gasteiger partial charge in [0.05, 0.1) is 6.20 Å². The molecule has 0 radical (unpaired) electrons. The molecule has 0 saturated carbocycles. The Labute approximate surface area is 76.0 Å². The van der Waals surface area contributed by atoms with Crippen molar-refractivity contribution in [2.45, 2.75) is 6.92 Å². The predicted octanol–water partition coefficient (Wildman–Crippen LogP) is 2.09. The molecule has 3 nitrogen and oxygen atoms in total. The molecule has 66 valence electrons. The quantitative estimate of drug-likeness (QED) is 0.695. The number of aromatic amines is 1. The minimum absolute atomic E-state index is 0.284. The van der Waals surface area contributed by atoms with E-state index >= 15 is 0 Å². The molecular weight excluding hydrogens is 164 g/mol. The molecule has 0 aliphatic carbocycles. The second-order valence-electron chi connectivity index (χ2n) is 2.93. The van der Waals surface area contributed by atoms with Crippen LogP contribution in [0.15, 0.2) is 30.5 Å². The Kier molecular flexibility index (Phi) is 1.77. The van der Waals surface area contributed by atoms with Gasteiger partial charge in [0.2, 0.25) is 0 Å². The van der Waals surface area contributed by atoms with Crippen molar-refractivity contribution in [2.75, 3.05) is 0 Å². The van der Waals surface area contributed by atoms with Crippen LogP contribution in [-0.4, -0.2) is 15.3 Å². The van der Waals surface area contributed by atoms with Gasteiger partial charge in [-0.05, 0) is 13.0 Å². The fourth-order valence-corrected chi connectivity index (χ4v) is 1.32. The number of phenols is 1. The first-order valence-corrected chi connectivity index (χ1v) is 4.07. The number of para-hydroxylation sites is 1. The maximum Gasteiger partial charge on any atom is 0.123 e. The van der Waals surface area contributed by atoms with E-state index in [4.69, 9.17) is 0 Å². The second-order valence-corrected chi connectivity index (χ2v) is 2.93. The third-order valence-electron chi connectivity index (χ3n) is 2.02. The average Bonchev–Trinajstić information content (AvgIpc) is 2.52. The Bertz CT molecular complexity index is 420. The Hall–Kier alpha value is -1.77. The summed E-state index contributed by atoms with van der Waals surface area (Å²) in [4.78, 5) is 0. The van der Waals surface area contributed by atoms with Crippen LogP contribution in [0.2, 0.25) is 0 Å². The first kappa shape index (κ1) is 7.86. The van der Waals surface area contributed by atoms with E-state index in [9.17, 15) is 5.11 Å². The summed E-state index contributed by atoms with van der Waals surface area (Å²) in [6.07, 6.45) is 1.71. The molecule has 1 aromatic heterocycles. The third kappa shape index (κ3) is 1.28. The number of aromatic hydroxyl groups is 1. The molecule has 0 fully saturated rings. The van der Waals surface area contributed by atoms with Crippen molar-refractivity contribution >= 4 is 0 Å². The van der Waals surface area contributed by atoms with Gasteiger partial charge in [0.25, 0.3) is 0 Å². The topological polar surface area (TPSA) is 48.9 Å². The molecule has 0 aliphatic heterocycles. The summed E-state index contributed by atoms with van der Waals surface area (Å²) in [5.74, 6) is 0.284. The van der Waals surface area contributed by atoms with Crippen molar-refractivity contribution in [3.05, 3.63) is 36.2 Å². The Morgan fingerprint density at radius 2 is 2.00 bits per heavy atom. The average molecular weight is 174 g/mol. The van der Waals surface area contributed by atoms with Crippen LogP contribution in [-0.2, 0) is 0 Å². The zero-order valence-electron chi connectivity index (χ0n) is 7.28. The van der Waals surface area contributed by atoms with Gasteiger partial charge in [0.1, 0.15) is 5.75 Å². The molecule has 2 aromatic rings.